The zero-order valence-corrected chi connectivity index (χ0v) is 14.9. The Labute approximate surface area is 154 Å². The van der Waals surface area contributed by atoms with Gasteiger partial charge in [-0.15, -0.1) is 0 Å². The number of benzene rings is 3. The van der Waals surface area contributed by atoms with E-state index in [4.69, 9.17) is 0 Å². The lowest BCUT2D eigenvalue weighted by Gasteiger charge is -2.36. The monoisotopic (exact) mass is 335 g/mol. The van der Waals surface area contributed by atoms with Gasteiger partial charge in [-0.25, -0.2) is 0 Å². The molecule has 1 nitrogen and oxygen atoms in total. The number of allylic oxidation sites excluding steroid dienone is 2. The molecule has 5 rings (SSSR count). The summed E-state index contributed by atoms with van der Waals surface area (Å²) in [7, 11) is 2.21. The standard InChI is InChI=1S/C25H21N/c1-26-23-17-9-8-15-21(23)22-16-10-18-25(24(22)26,19-11-4-2-5-12-19)20-13-6-3-7-14-20/h2-15,17-18H,16H2,1H3. The van der Waals surface area contributed by atoms with Crippen LogP contribution in [-0.2, 0) is 18.9 Å². The van der Waals surface area contributed by atoms with Crippen LogP contribution in [0.5, 0.6) is 0 Å². The van der Waals surface area contributed by atoms with Gasteiger partial charge in [0.15, 0.2) is 0 Å². The molecule has 1 aliphatic rings. The maximum Gasteiger partial charge on any atom is 0.0787 e. The highest BCUT2D eigenvalue weighted by Gasteiger charge is 2.40. The van der Waals surface area contributed by atoms with Crippen LogP contribution in [-0.4, -0.2) is 4.57 Å². The van der Waals surface area contributed by atoms with Gasteiger partial charge in [-0.2, -0.15) is 0 Å². The van der Waals surface area contributed by atoms with E-state index in [-0.39, 0.29) is 5.41 Å². The SMILES string of the molecule is Cn1c2c(c3ccccc31)CC=CC2(c1ccccc1)c1ccccc1. The average Bonchev–Trinajstić information content (AvgIpc) is 3.02. The molecular weight excluding hydrogens is 314 g/mol. The number of rotatable bonds is 2. The van der Waals surface area contributed by atoms with E-state index in [0.29, 0.717) is 0 Å². The van der Waals surface area contributed by atoms with Crippen LogP contribution < -0.4 is 0 Å². The third kappa shape index (κ3) is 1.97. The molecule has 126 valence electrons. The van der Waals surface area contributed by atoms with Crippen molar-refractivity contribution in [2.75, 3.05) is 0 Å². The van der Waals surface area contributed by atoms with Crippen LogP contribution in [0, 0.1) is 0 Å². The summed E-state index contributed by atoms with van der Waals surface area (Å²) in [5.41, 5.74) is 6.50. The Morgan fingerprint density at radius 1 is 0.731 bits per heavy atom. The van der Waals surface area contributed by atoms with Crippen molar-refractivity contribution < 1.29 is 0 Å². The van der Waals surface area contributed by atoms with E-state index < -0.39 is 0 Å². The van der Waals surface area contributed by atoms with E-state index in [1.165, 1.54) is 33.3 Å². The number of aryl methyl sites for hydroxylation is 1. The Bertz CT molecular complexity index is 1060. The minimum Gasteiger partial charge on any atom is -0.346 e. The van der Waals surface area contributed by atoms with Crippen molar-refractivity contribution in [2.45, 2.75) is 11.8 Å². The van der Waals surface area contributed by atoms with Crippen LogP contribution in [0.15, 0.2) is 97.1 Å². The fourth-order valence-electron chi connectivity index (χ4n) is 4.65. The summed E-state index contributed by atoms with van der Waals surface area (Å²) in [5, 5.41) is 1.37. The summed E-state index contributed by atoms with van der Waals surface area (Å²) >= 11 is 0. The van der Waals surface area contributed by atoms with Crippen LogP contribution >= 0.6 is 0 Å². The molecule has 1 heteroatoms. The van der Waals surface area contributed by atoms with Crippen LogP contribution in [0.2, 0.25) is 0 Å². The molecule has 0 bridgehead atoms. The van der Waals surface area contributed by atoms with Gasteiger partial charge >= 0.3 is 0 Å². The predicted octanol–water partition coefficient (Wildman–Crippen LogP) is 5.63. The maximum atomic E-state index is 2.40. The zero-order valence-electron chi connectivity index (χ0n) is 14.9. The Balaban J connectivity index is 1.94. The van der Waals surface area contributed by atoms with Crippen LogP contribution in [0.1, 0.15) is 22.4 Å². The van der Waals surface area contributed by atoms with Gasteiger partial charge in [0.1, 0.15) is 0 Å². The normalized spacial score (nSPS) is 15.1. The van der Waals surface area contributed by atoms with Crippen LogP contribution in [0.3, 0.4) is 0 Å². The Morgan fingerprint density at radius 3 is 1.96 bits per heavy atom. The molecule has 0 amide bonds. The van der Waals surface area contributed by atoms with Gasteiger partial charge in [-0.1, -0.05) is 91.0 Å². The fourth-order valence-corrected chi connectivity index (χ4v) is 4.65. The first-order chi connectivity index (χ1) is 12.8. The van der Waals surface area contributed by atoms with Crippen molar-refractivity contribution >= 4 is 10.9 Å². The van der Waals surface area contributed by atoms with Crippen molar-refractivity contribution in [1.29, 1.82) is 0 Å². The van der Waals surface area contributed by atoms with E-state index in [9.17, 15) is 0 Å². The number of hydrogen-bond donors (Lipinski definition) is 0. The molecular formula is C25H21N. The van der Waals surface area contributed by atoms with E-state index in [2.05, 4.69) is 109 Å². The molecule has 3 aromatic carbocycles. The Hall–Kier alpha value is -3.06. The van der Waals surface area contributed by atoms with Crippen molar-refractivity contribution in [3.8, 4) is 0 Å². The summed E-state index contributed by atoms with van der Waals surface area (Å²) in [5.74, 6) is 0. The quantitative estimate of drug-likeness (QED) is 0.419. The van der Waals surface area contributed by atoms with Crippen molar-refractivity contribution in [1.82, 2.24) is 4.57 Å². The molecule has 4 aromatic rings. The summed E-state index contributed by atoms with van der Waals surface area (Å²) in [6.07, 6.45) is 5.73. The molecule has 0 fully saturated rings. The fraction of sp³-hybridized carbons (Fsp3) is 0.120. The smallest absolute Gasteiger partial charge is 0.0787 e. The minimum absolute atomic E-state index is 0.260. The molecule has 0 unspecified atom stereocenters. The molecule has 0 saturated heterocycles. The molecule has 0 spiro atoms. The van der Waals surface area contributed by atoms with Crippen LogP contribution in [0.25, 0.3) is 10.9 Å². The Morgan fingerprint density at radius 2 is 1.31 bits per heavy atom. The van der Waals surface area contributed by atoms with Gasteiger partial charge in [-0.05, 0) is 29.2 Å². The molecule has 0 aliphatic heterocycles. The van der Waals surface area contributed by atoms with Gasteiger partial charge in [0.05, 0.1) is 5.41 Å². The van der Waals surface area contributed by atoms with Gasteiger partial charge in [0.2, 0.25) is 0 Å². The van der Waals surface area contributed by atoms with E-state index >= 15 is 0 Å². The van der Waals surface area contributed by atoms with E-state index in [0.717, 1.165) is 6.42 Å². The van der Waals surface area contributed by atoms with Gasteiger partial charge in [0, 0.05) is 23.6 Å². The number of nitrogens with zero attached hydrogens (tertiary/aromatic N) is 1. The van der Waals surface area contributed by atoms with Crippen molar-refractivity contribution in [3.05, 3.63) is 119 Å². The lowest BCUT2D eigenvalue weighted by molar-refractivity contribution is 0.674. The molecule has 1 heterocycles. The minimum atomic E-state index is -0.260. The van der Waals surface area contributed by atoms with E-state index in [1.54, 1.807) is 0 Å². The number of hydrogen-bond acceptors (Lipinski definition) is 0. The second kappa shape index (κ2) is 5.74. The number of para-hydroxylation sites is 1. The van der Waals surface area contributed by atoms with Gasteiger partial charge in [-0.3, -0.25) is 0 Å². The predicted molar refractivity (Wildman–Crippen MR) is 109 cm³/mol. The first kappa shape index (κ1) is 15.2. The summed E-state index contributed by atoms with van der Waals surface area (Å²) in [4.78, 5) is 0. The largest absolute Gasteiger partial charge is 0.346 e. The first-order valence-corrected chi connectivity index (χ1v) is 9.18. The highest BCUT2D eigenvalue weighted by molar-refractivity contribution is 5.88. The maximum absolute atomic E-state index is 2.40. The molecule has 0 N–H and O–H groups in total. The van der Waals surface area contributed by atoms with Crippen molar-refractivity contribution in [3.63, 3.8) is 0 Å². The van der Waals surface area contributed by atoms with Crippen molar-refractivity contribution in [2.24, 2.45) is 7.05 Å². The second-order valence-electron chi connectivity index (χ2n) is 7.05. The lowest BCUT2D eigenvalue weighted by Crippen LogP contribution is -2.32. The van der Waals surface area contributed by atoms with E-state index in [1.807, 2.05) is 0 Å². The van der Waals surface area contributed by atoms with Gasteiger partial charge < -0.3 is 4.57 Å². The second-order valence-corrected chi connectivity index (χ2v) is 7.05. The molecule has 1 aromatic heterocycles. The topological polar surface area (TPSA) is 4.93 Å². The zero-order chi connectivity index (χ0) is 17.6. The third-order valence-corrected chi connectivity index (χ3v) is 5.73. The van der Waals surface area contributed by atoms with Crippen LogP contribution in [0.4, 0.5) is 0 Å². The summed E-state index contributed by atoms with van der Waals surface area (Å²) in [6, 6.07) is 30.5. The lowest BCUT2D eigenvalue weighted by atomic mass is 9.68. The highest BCUT2D eigenvalue weighted by Crippen LogP contribution is 2.47. The summed E-state index contributed by atoms with van der Waals surface area (Å²) < 4.78 is 2.40. The first-order valence-electron chi connectivity index (χ1n) is 9.18. The van der Waals surface area contributed by atoms with Gasteiger partial charge in [0.25, 0.3) is 0 Å². The highest BCUT2D eigenvalue weighted by atomic mass is 15.0. The Kier molecular flexibility index (Phi) is 3.36. The third-order valence-electron chi connectivity index (χ3n) is 5.73. The average molecular weight is 335 g/mol. The molecule has 26 heavy (non-hydrogen) atoms. The number of fused-ring (bicyclic) bond motifs is 3. The summed E-state index contributed by atoms with van der Waals surface area (Å²) in [6.45, 7) is 0. The number of aromatic nitrogens is 1. The molecule has 0 saturated carbocycles. The molecule has 0 atom stereocenters. The molecule has 1 aliphatic carbocycles. The molecule has 0 radical (unpaired) electrons.